The number of aliphatic hydroxyl groups excluding tert-OH is 1. The van der Waals surface area contributed by atoms with Gasteiger partial charge in [-0.25, -0.2) is 4.57 Å². The van der Waals surface area contributed by atoms with Gasteiger partial charge >= 0.3 is 7.82 Å². The van der Waals surface area contributed by atoms with Crippen LogP contribution in [0.4, 0.5) is 0 Å². The Kier molecular flexibility index (Phi) is 37.5. The Balaban J connectivity index is 4.20. The highest BCUT2D eigenvalue weighted by Crippen LogP contribution is 2.43. The van der Waals surface area contributed by atoms with Crippen LogP contribution in [0.25, 0.3) is 0 Å². The number of hydrogen-bond donors (Lipinski definition) is 4. The van der Waals surface area contributed by atoms with Gasteiger partial charge in [0.2, 0.25) is 5.91 Å². The summed E-state index contributed by atoms with van der Waals surface area (Å²) in [6.07, 6.45) is 44.3. The average molecular weight is 741 g/mol. The number of phosphoric acid groups is 1. The van der Waals surface area contributed by atoms with E-state index in [1.165, 1.54) is 89.9 Å². The lowest BCUT2D eigenvalue weighted by Gasteiger charge is -2.25. The quantitative estimate of drug-likeness (QED) is 0.0280. The minimum atomic E-state index is -4.32. The van der Waals surface area contributed by atoms with Gasteiger partial charge in [0.05, 0.1) is 25.4 Å². The van der Waals surface area contributed by atoms with E-state index in [0.29, 0.717) is 12.8 Å². The van der Waals surface area contributed by atoms with Gasteiger partial charge in [0.1, 0.15) is 0 Å². The van der Waals surface area contributed by atoms with Gasteiger partial charge in [-0.2, -0.15) is 0 Å². The molecule has 9 heteroatoms. The molecule has 1 amide bonds. The van der Waals surface area contributed by atoms with Crippen molar-refractivity contribution in [3.63, 3.8) is 0 Å². The van der Waals surface area contributed by atoms with Crippen LogP contribution >= 0.6 is 7.82 Å². The third-order valence-electron chi connectivity index (χ3n) is 9.26. The van der Waals surface area contributed by atoms with Gasteiger partial charge in [0.25, 0.3) is 0 Å². The summed E-state index contributed by atoms with van der Waals surface area (Å²) in [5, 5.41) is 13.8. The molecule has 0 bridgehead atoms. The Morgan fingerprint density at radius 1 is 0.667 bits per heavy atom. The summed E-state index contributed by atoms with van der Waals surface area (Å²) >= 11 is 0. The maximum Gasteiger partial charge on any atom is 0.472 e. The highest BCUT2D eigenvalue weighted by Gasteiger charge is 2.27. The summed E-state index contributed by atoms with van der Waals surface area (Å²) < 4.78 is 22.2. The van der Waals surface area contributed by atoms with E-state index < -0.39 is 20.0 Å². The van der Waals surface area contributed by atoms with E-state index >= 15 is 0 Å². The van der Waals surface area contributed by atoms with E-state index in [9.17, 15) is 19.4 Å². The normalized spacial score (nSPS) is 14.5. The molecule has 300 valence electrons. The number of aliphatic hydroxyl groups is 1. The second-order valence-electron chi connectivity index (χ2n) is 14.2. The molecule has 0 aromatic heterocycles. The van der Waals surface area contributed by atoms with Crippen molar-refractivity contribution in [2.45, 2.75) is 206 Å². The van der Waals surface area contributed by atoms with Crippen LogP contribution in [0.15, 0.2) is 36.5 Å². The second kappa shape index (κ2) is 38.4. The zero-order valence-electron chi connectivity index (χ0n) is 33.1. The molecule has 0 saturated heterocycles. The van der Waals surface area contributed by atoms with Crippen molar-refractivity contribution in [3.05, 3.63) is 36.5 Å². The molecule has 3 atom stereocenters. The van der Waals surface area contributed by atoms with Crippen molar-refractivity contribution in [3.8, 4) is 0 Å². The Bertz CT molecular complexity index is 897. The fourth-order valence-corrected chi connectivity index (χ4v) is 6.85. The zero-order valence-corrected chi connectivity index (χ0v) is 34.0. The molecular weight excluding hydrogens is 659 g/mol. The highest BCUT2D eigenvalue weighted by atomic mass is 31.2. The molecule has 3 unspecified atom stereocenters. The van der Waals surface area contributed by atoms with Gasteiger partial charge in [-0.05, 0) is 44.9 Å². The molecular formula is C42H81N2O6P. The SMILES string of the molecule is CC/C=C\C/C=C\C/C=C\CCCCCCCC(=O)NC(COP(=O)(O)OCCN)C(O)CCCCCCCCCCCCCCCCCCC. The molecule has 0 aliphatic carbocycles. The number of amides is 1. The minimum absolute atomic E-state index is 0.0851. The molecule has 5 N–H and O–H groups in total. The fourth-order valence-electron chi connectivity index (χ4n) is 6.09. The summed E-state index contributed by atoms with van der Waals surface area (Å²) in [5.74, 6) is -0.179. The predicted molar refractivity (Wildman–Crippen MR) is 217 cm³/mol. The molecule has 0 aromatic carbocycles. The number of nitrogens with one attached hydrogen (secondary N) is 1. The number of carbonyl (C=O) groups excluding carboxylic acids is 1. The molecule has 0 fully saturated rings. The van der Waals surface area contributed by atoms with Crippen LogP contribution in [0.3, 0.4) is 0 Å². The molecule has 0 saturated carbocycles. The number of hydrogen-bond acceptors (Lipinski definition) is 6. The Hall–Kier alpha value is -1.28. The van der Waals surface area contributed by atoms with E-state index in [0.717, 1.165) is 77.0 Å². The van der Waals surface area contributed by atoms with Crippen LogP contribution < -0.4 is 11.1 Å². The van der Waals surface area contributed by atoms with Crippen molar-refractivity contribution in [2.75, 3.05) is 19.8 Å². The van der Waals surface area contributed by atoms with Gasteiger partial charge in [0, 0.05) is 13.0 Å². The summed E-state index contributed by atoms with van der Waals surface area (Å²) in [6, 6.07) is -0.782. The number of unbranched alkanes of at least 4 members (excludes halogenated alkanes) is 21. The third-order valence-corrected chi connectivity index (χ3v) is 10.2. The first kappa shape index (κ1) is 49.7. The Morgan fingerprint density at radius 2 is 1.14 bits per heavy atom. The smallest absolute Gasteiger partial charge is 0.391 e. The van der Waals surface area contributed by atoms with Crippen LogP contribution in [0.5, 0.6) is 0 Å². The van der Waals surface area contributed by atoms with Gasteiger partial charge in [-0.3, -0.25) is 13.8 Å². The largest absolute Gasteiger partial charge is 0.472 e. The van der Waals surface area contributed by atoms with Crippen LogP contribution in [0.2, 0.25) is 0 Å². The van der Waals surface area contributed by atoms with Gasteiger partial charge in [-0.15, -0.1) is 0 Å². The number of nitrogens with two attached hydrogens (primary N) is 1. The molecule has 8 nitrogen and oxygen atoms in total. The van der Waals surface area contributed by atoms with E-state index in [4.69, 9.17) is 14.8 Å². The molecule has 0 radical (unpaired) electrons. The van der Waals surface area contributed by atoms with Crippen molar-refractivity contribution >= 4 is 13.7 Å². The first-order valence-electron chi connectivity index (χ1n) is 21.1. The van der Waals surface area contributed by atoms with Gasteiger partial charge < -0.3 is 21.1 Å². The Labute approximate surface area is 314 Å². The van der Waals surface area contributed by atoms with Crippen LogP contribution in [-0.2, 0) is 18.4 Å². The monoisotopic (exact) mass is 741 g/mol. The van der Waals surface area contributed by atoms with E-state index in [1.807, 2.05) is 0 Å². The number of allylic oxidation sites excluding steroid dienone is 6. The molecule has 51 heavy (non-hydrogen) atoms. The van der Waals surface area contributed by atoms with Crippen LogP contribution in [0.1, 0.15) is 194 Å². The molecule has 0 aromatic rings. The van der Waals surface area contributed by atoms with Crippen molar-refractivity contribution in [2.24, 2.45) is 5.73 Å². The lowest BCUT2D eigenvalue weighted by molar-refractivity contribution is -0.123. The maximum absolute atomic E-state index is 12.7. The highest BCUT2D eigenvalue weighted by molar-refractivity contribution is 7.47. The lowest BCUT2D eigenvalue weighted by Crippen LogP contribution is -2.46. The lowest BCUT2D eigenvalue weighted by atomic mass is 10.0. The van der Waals surface area contributed by atoms with Crippen LogP contribution in [0, 0.1) is 0 Å². The van der Waals surface area contributed by atoms with E-state index in [-0.39, 0.29) is 25.7 Å². The van der Waals surface area contributed by atoms with E-state index in [2.05, 4.69) is 55.6 Å². The zero-order chi connectivity index (χ0) is 37.5. The average Bonchev–Trinajstić information content (AvgIpc) is 3.12. The first-order valence-corrected chi connectivity index (χ1v) is 22.6. The third kappa shape index (κ3) is 36.9. The molecule has 0 heterocycles. The van der Waals surface area contributed by atoms with Gasteiger partial charge in [-0.1, -0.05) is 179 Å². The topological polar surface area (TPSA) is 131 Å². The number of carbonyl (C=O) groups is 1. The predicted octanol–water partition coefficient (Wildman–Crippen LogP) is 11.6. The van der Waals surface area contributed by atoms with Crippen molar-refractivity contribution in [1.29, 1.82) is 0 Å². The molecule has 0 aliphatic heterocycles. The number of phosphoric ester groups is 1. The summed E-state index contributed by atoms with van der Waals surface area (Å²) in [5.41, 5.74) is 5.37. The second-order valence-corrected chi connectivity index (χ2v) is 15.6. The maximum atomic E-state index is 12.7. The Morgan fingerprint density at radius 3 is 1.67 bits per heavy atom. The summed E-state index contributed by atoms with van der Waals surface area (Å²) in [6.45, 7) is 4.08. The fraction of sp³-hybridized carbons (Fsp3) is 0.833. The first-order chi connectivity index (χ1) is 24.9. The standard InChI is InChI=1S/C42H81N2O6P/c1-3-5-7-9-11-13-15-17-19-20-22-23-25-27-29-31-33-35-41(45)40(39-50-51(47,48)49-38-37-43)44-42(46)36-34-32-30-28-26-24-21-18-16-14-12-10-8-6-4-2/h6,8,12,14,18,21,40-41,45H,3-5,7,9-11,13,15-17,19-20,22-39,43H2,1-2H3,(H,44,46)(H,47,48)/b8-6-,14-12-,21-18-. The van der Waals surface area contributed by atoms with E-state index in [1.54, 1.807) is 0 Å². The summed E-state index contributed by atoms with van der Waals surface area (Å²) in [7, 11) is -4.32. The molecule has 0 aliphatic rings. The van der Waals surface area contributed by atoms with Crippen molar-refractivity contribution < 1.29 is 28.4 Å². The van der Waals surface area contributed by atoms with Gasteiger partial charge in [0.15, 0.2) is 0 Å². The van der Waals surface area contributed by atoms with Crippen molar-refractivity contribution in [1.82, 2.24) is 5.32 Å². The number of rotatable bonds is 39. The van der Waals surface area contributed by atoms with Crippen LogP contribution in [-0.4, -0.2) is 47.8 Å². The molecule has 0 rings (SSSR count). The summed E-state index contributed by atoms with van der Waals surface area (Å²) in [4.78, 5) is 22.7. The minimum Gasteiger partial charge on any atom is -0.391 e. The molecule has 0 spiro atoms.